The summed E-state index contributed by atoms with van der Waals surface area (Å²) >= 11 is 0. The summed E-state index contributed by atoms with van der Waals surface area (Å²) in [6.07, 6.45) is 7.66. The minimum Gasteiger partial charge on any atom is -0.357 e. The van der Waals surface area contributed by atoms with E-state index in [1.54, 1.807) is 0 Å². The Labute approximate surface area is 128 Å². The Morgan fingerprint density at radius 1 is 1.24 bits per heavy atom. The summed E-state index contributed by atoms with van der Waals surface area (Å²) in [5.41, 5.74) is 4.08. The van der Waals surface area contributed by atoms with Gasteiger partial charge in [0.2, 0.25) is 0 Å². The van der Waals surface area contributed by atoms with Crippen LogP contribution in [-0.2, 0) is 6.42 Å². The highest BCUT2D eigenvalue weighted by molar-refractivity contribution is 5.80. The molecular formula is C18H27N3. The van der Waals surface area contributed by atoms with Crippen molar-refractivity contribution in [3.05, 3.63) is 47.0 Å². The molecule has 0 bridgehead atoms. The van der Waals surface area contributed by atoms with Crippen LogP contribution in [0.1, 0.15) is 36.5 Å². The van der Waals surface area contributed by atoms with Gasteiger partial charge in [-0.3, -0.25) is 4.99 Å². The average molecular weight is 285 g/mol. The lowest BCUT2D eigenvalue weighted by Crippen LogP contribution is -2.42. The minimum atomic E-state index is 0.504. The molecule has 2 rings (SSSR count). The first-order valence-electron chi connectivity index (χ1n) is 7.95. The van der Waals surface area contributed by atoms with Crippen LogP contribution in [0.2, 0.25) is 0 Å². The molecular weight excluding hydrogens is 258 g/mol. The van der Waals surface area contributed by atoms with E-state index in [1.807, 2.05) is 0 Å². The molecule has 1 aromatic rings. The molecule has 0 aliphatic heterocycles. The van der Waals surface area contributed by atoms with E-state index >= 15 is 0 Å². The third kappa shape index (κ3) is 4.92. The van der Waals surface area contributed by atoms with E-state index in [2.05, 4.69) is 61.8 Å². The predicted molar refractivity (Wildman–Crippen MR) is 90.9 cm³/mol. The van der Waals surface area contributed by atoms with Gasteiger partial charge in [-0.2, -0.15) is 0 Å². The van der Waals surface area contributed by atoms with Crippen LogP contribution in [0, 0.1) is 13.8 Å². The van der Waals surface area contributed by atoms with Crippen molar-refractivity contribution in [3.63, 3.8) is 0 Å². The molecule has 0 radical (unpaired) electrons. The van der Waals surface area contributed by atoms with Gasteiger partial charge in [0, 0.05) is 19.1 Å². The molecule has 1 aliphatic carbocycles. The zero-order valence-corrected chi connectivity index (χ0v) is 13.4. The molecule has 21 heavy (non-hydrogen) atoms. The molecule has 0 fully saturated rings. The van der Waals surface area contributed by atoms with Crippen molar-refractivity contribution in [1.82, 2.24) is 10.6 Å². The fourth-order valence-corrected chi connectivity index (χ4v) is 2.66. The first-order valence-corrected chi connectivity index (χ1v) is 7.95. The van der Waals surface area contributed by atoms with E-state index in [1.165, 1.54) is 16.7 Å². The van der Waals surface area contributed by atoms with Crippen molar-refractivity contribution in [2.24, 2.45) is 4.99 Å². The van der Waals surface area contributed by atoms with Gasteiger partial charge in [-0.15, -0.1) is 0 Å². The largest absolute Gasteiger partial charge is 0.357 e. The maximum absolute atomic E-state index is 4.70. The Morgan fingerprint density at radius 2 is 2.00 bits per heavy atom. The summed E-state index contributed by atoms with van der Waals surface area (Å²) in [6.45, 7) is 8.14. The van der Waals surface area contributed by atoms with Crippen LogP contribution < -0.4 is 10.6 Å². The predicted octanol–water partition coefficient (Wildman–Crippen LogP) is 3.12. The first-order chi connectivity index (χ1) is 10.2. The summed E-state index contributed by atoms with van der Waals surface area (Å²) in [5.74, 6) is 0.941. The molecule has 0 atom stereocenters. The number of guanidine groups is 1. The molecule has 1 aromatic carbocycles. The highest BCUT2D eigenvalue weighted by Gasteiger charge is 2.11. The zero-order valence-electron chi connectivity index (χ0n) is 13.4. The second kappa shape index (κ2) is 7.87. The normalized spacial score (nSPS) is 15.5. The van der Waals surface area contributed by atoms with Crippen LogP contribution in [0.5, 0.6) is 0 Å². The fraction of sp³-hybridized carbons (Fsp3) is 0.500. The van der Waals surface area contributed by atoms with Crippen molar-refractivity contribution in [1.29, 1.82) is 0 Å². The second-order valence-electron chi connectivity index (χ2n) is 5.72. The summed E-state index contributed by atoms with van der Waals surface area (Å²) < 4.78 is 0. The number of hydrogen-bond donors (Lipinski definition) is 2. The van der Waals surface area contributed by atoms with Crippen molar-refractivity contribution in [2.45, 2.75) is 46.1 Å². The Morgan fingerprint density at radius 3 is 2.67 bits per heavy atom. The van der Waals surface area contributed by atoms with E-state index < -0.39 is 0 Å². The summed E-state index contributed by atoms with van der Waals surface area (Å²) in [6, 6.07) is 7.15. The summed E-state index contributed by atoms with van der Waals surface area (Å²) in [7, 11) is 0. The smallest absolute Gasteiger partial charge is 0.191 e. The van der Waals surface area contributed by atoms with E-state index in [9.17, 15) is 0 Å². The number of nitrogens with one attached hydrogen (secondary N) is 2. The molecule has 0 spiro atoms. The molecule has 114 valence electrons. The van der Waals surface area contributed by atoms with E-state index in [0.29, 0.717) is 6.04 Å². The van der Waals surface area contributed by atoms with E-state index in [-0.39, 0.29) is 0 Å². The molecule has 0 amide bonds. The lowest BCUT2D eigenvalue weighted by Gasteiger charge is -2.16. The van der Waals surface area contributed by atoms with Gasteiger partial charge < -0.3 is 10.6 Å². The van der Waals surface area contributed by atoms with Crippen LogP contribution >= 0.6 is 0 Å². The third-order valence-electron chi connectivity index (χ3n) is 3.84. The summed E-state index contributed by atoms with van der Waals surface area (Å²) in [4.78, 5) is 4.70. The number of rotatable bonds is 5. The minimum absolute atomic E-state index is 0.504. The maximum Gasteiger partial charge on any atom is 0.191 e. The number of benzene rings is 1. The highest BCUT2D eigenvalue weighted by Crippen LogP contribution is 2.11. The maximum atomic E-state index is 4.70. The summed E-state index contributed by atoms with van der Waals surface area (Å²) in [5, 5.41) is 6.83. The lowest BCUT2D eigenvalue weighted by molar-refractivity contribution is 0.633. The molecule has 0 saturated heterocycles. The van der Waals surface area contributed by atoms with Gasteiger partial charge >= 0.3 is 0 Å². The molecule has 0 unspecified atom stereocenters. The monoisotopic (exact) mass is 285 g/mol. The Balaban J connectivity index is 1.89. The number of aliphatic imine (C=N–C) groups is 1. The number of nitrogens with zero attached hydrogens (tertiary/aromatic N) is 1. The molecule has 3 nitrogen and oxygen atoms in total. The average Bonchev–Trinajstić information content (AvgIpc) is 2.94. The van der Waals surface area contributed by atoms with E-state index in [4.69, 9.17) is 4.99 Å². The molecule has 1 aliphatic rings. The second-order valence-corrected chi connectivity index (χ2v) is 5.72. The fourth-order valence-electron chi connectivity index (χ4n) is 2.66. The Hall–Kier alpha value is -1.77. The first kappa shape index (κ1) is 15.6. The lowest BCUT2D eigenvalue weighted by atomic mass is 10.0. The number of aryl methyl sites for hydroxylation is 2. The van der Waals surface area contributed by atoms with Gasteiger partial charge in [-0.25, -0.2) is 0 Å². The van der Waals surface area contributed by atoms with Gasteiger partial charge in [0.1, 0.15) is 0 Å². The zero-order chi connectivity index (χ0) is 15.1. The SMILES string of the molecule is CCNC(=NCCc1ccc(C)cc1C)NC1CC=CC1. The van der Waals surface area contributed by atoms with Crippen LogP contribution in [0.15, 0.2) is 35.3 Å². The van der Waals surface area contributed by atoms with Crippen LogP contribution in [0.25, 0.3) is 0 Å². The third-order valence-corrected chi connectivity index (χ3v) is 3.84. The van der Waals surface area contributed by atoms with E-state index in [0.717, 1.165) is 38.3 Å². The van der Waals surface area contributed by atoms with Crippen molar-refractivity contribution in [3.8, 4) is 0 Å². The van der Waals surface area contributed by atoms with Gasteiger partial charge in [-0.05, 0) is 51.2 Å². The molecule has 0 saturated carbocycles. The molecule has 3 heteroatoms. The standard InChI is InChI=1S/C18H27N3/c1-4-19-18(21-17-7-5-6-8-17)20-12-11-16-10-9-14(2)13-15(16)3/h5-6,9-10,13,17H,4,7-8,11-12H2,1-3H3,(H2,19,20,21). The van der Waals surface area contributed by atoms with Crippen molar-refractivity contribution < 1.29 is 0 Å². The van der Waals surface area contributed by atoms with Gasteiger partial charge in [0.15, 0.2) is 5.96 Å². The van der Waals surface area contributed by atoms with Gasteiger partial charge in [-0.1, -0.05) is 35.9 Å². The highest BCUT2D eigenvalue weighted by atomic mass is 15.2. The van der Waals surface area contributed by atoms with Crippen LogP contribution in [-0.4, -0.2) is 25.1 Å². The van der Waals surface area contributed by atoms with Gasteiger partial charge in [0.25, 0.3) is 0 Å². The molecule has 2 N–H and O–H groups in total. The Kier molecular flexibility index (Phi) is 5.85. The van der Waals surface area contributed by atoms with Crippen LogP contribution in [0.4, 0.5) is 0 Å². The molecule has 0 heterocycles. The van der Waals surface area contributed by atoms with Gasteiger partial charge in [0.05, 0.1) is 0 Å². The van der Waals surface area contributed by atoms with Crippen LogP contribution in [0.3, 0.4) is 0 Å². The Bertz CT molecular complexity index is 509. The van der Waals surface area contributed by atoms with Crippen molar-refractivity contribution >= 4 is 5.96 Å². The van der Waals surface area contributed by atoms with Crippen molar-refractivity contribution in [2.75, 3.05) is 13.1 Å². The topological polar surface area (TPSA) is 36.4 Å². The quantitative estimate of drug-likeness (QED) is 0.495. The molecule has 0 aromatic heterocycles. The number of hydrogen-bond acceptors (Lipinski definition) is 1.